The van der Waals surface area contributed by atoms with Crippen molar-refractivity contribution in [2.45, 2.75) is 69.5 Å². The van der Waals surface area contributed by atoms with Crippen LogP contribution in [-0.2, 0) is 4.79 Å². The van der Waals surface area contributed by atoms with Crippen LogP contribution in [0.3, 0.4) is 0 Å². The van der Waals surface area contributed by atoms with Gasteiger partial charge in [0, 0.05) is 17.8 Å². The van der Waals surface area contributed by atoms with Gasteiger partial charge in [0.05, 0.1) is 0 Å². The van der Waals surface area contributed by atoms with E-state index < -0.39 is 0 Å². The quantitative estimate of drug-likeness (QED) is 0.532. The van der Waals surface area contributed by atoms with Gasteiger partial charge in [-0.1, -0.05) is 55.0 Å². The Hall–Kier alpha value is -0.0500. The van der Waals surface area contributed by atoms with Crippen molar-refractivity contribution in [3.8, 4) is 0 Å². The van der Waals surface area contributed by atoms with E-state index in [9.17, 15) is 4.79 Å². The van der Waals surface area contributed by atoms with Gasteiger partial charge in [-0.2, -0.15) is 0 Å². The zero-order chi connectivity index (χ0) is 12.5. The zero-order valence-electron chi connectivity index (χ0n) is 11.0. The van der Waals surface area contributed by atoms with Crippen molar-refractivity contribution in [2.24, 2.45) is 5.92 Å². The molecule has 1 N–H and O–H groups in total. The van der Waals surface area contributed by atoms with Crippen molar-refractivity contribution in [2.75, 3.05) is 6.54 Å². The summed E-state index contributed by atoms with van der Waals surface area (Å²) in [5.41, 5.74) is 0. The lowest BCUT2D eigenvalue weighted by molar-refractivity contribution is -0.121. The SMILES string of the molecule is CCCCCCCC(=O)NCC1CCCC1Br. The molecule has 1 amide bonds. The largest absolute Gasteiger partial charge is 0.356 e. The maximum Gasteiger partial charge on any atom is 0.220 e. The first-order valence-corrected chi connectivity index (χ1v) is 8.06. The number of hydrogen-bond donors (Lipinski definition) is 1. The highest BCUT2D eigenvalue weighted by Gasteiger charge is 2.24. The van der Waals surface area contributed by atoms with E-state index in [1.165, 1.54) is 44.9 Å². The number of halogens is 1. The first-order valence-electron chi connectivity index (χ1n) is 7.14. The molecule has 1 fully saturated rings. The summed E-state index contributed by atoms with van der Waals surface area (Å²) < 4.78 is 0. The first kappa shape index (κ1) is 15.0. The molecule has 1 saturated carbocycles. The van der Waals surface area contributed by atoms with E-state index in [4.69, 9.17) is 0 Å². The zero-order valence-corrected chi connectivity index (χ0v) is 12.6. The molecule has 1 aliphatic carbocycles. The summed E-state index contributed by atoms with van der Waals surface area (Å²) in [5.74, 6) is 0.895. The minimum absolute atomic E-state index is 0.244. The Morgan fingerprint density at radius 1 is 1.24 bits per heavy atom. The fraction of sp³-hybridized carbons (Fsp3) is 0.929. The van der Waals surface area contributed by atoms with Gasteiger partial charge in [0.2, 0.25) is 5.91 Å². The van der Waals surface area contributed by atoms with Gasteiger partial charge in [0.1, 0.15) is 0 Å². The highest BCUT2D eigenvalue weighted by atomic mass is 79.9. The molecule has 3 heteroatoms. The molecule has 0 heterocycles. The van der Waals surface area contributed by atoms with Gasteiger partial charge >= 0.3 is 0 Å². The molecule has 0 aromatic heterocycles. The number of rotatable bonds is 8. The van der Waals surface area contributed by atoms with E-state index in [1.54, 1.807) is 0 Å². The summed E-state index contributed by atoms with van der Waals surface area (Å²) >= 11 is 3.68. The average Bonchev–Trinajstić information content (AvgIpc) is 2.72. The molecule has 2 nitrogen and oxygen atoms in total. The Labute approximate surface area is 114 Å². The van der Waals surface area contributed by atoms with Crippen LogP contribution in [0.1, 0.15) is 64.7 Å². The van der Waals surface area contributed by atoms with Crippen molar-refractivity contribution in [1.29, 1.82) is 0 Å². The Bertz CT molecular complexity index is 220. The summed E-state index contributed by atoms with van der Waals surface area (Å²) in [7, 11) is 0. The number of alkyl halides is 1. The number of carbonyl (C=O) groups excluding carboxylic acids is 1. The fourth-order valence-electron chi connectivity index (χ4n) is 2.44. The first-order chi connectivity index (χ1) is 8.24. The van der Waals surface area contributed by atoms with Crippen LogP contribution in [0, 0.1) is 5.92 Å². The maximum atomic E-state index is 11.6. The highest BCUT2D eigenvalue weighted by molar-refractivity contribution is 9.09. The smallest absolute Gasteiger partial charge is 0.220 e. The average molecular weight is 304 g/mol. The highest BCUT2D eigenvalue weighted by Crippen LogP contribution is 2.30. The van der Waals surface area contributed by atoms with E-state index in [0.717, 1.165) is 13.0 Å². The number of carbonyl (C=O) groups is 1. The van der Waals surface area contributed by atoms with Gasteiger partial charge in [-0.3, -0.25) is 4.79 Å². The number of hydrogen-bond acceptors (Lipinski definition) is 1. The second-order valence-corrected chi connectivity index (χ2v) is 6.35. The van der Waals surface area contributed by atoms with Gasteiger partial charge < -0.3 is 5.32 Å². The lowest BCUT2D eigenvalue weighted by atomic mass is 10.1. The van der Waals surface area contributed by atoms with Crippen molar-refractivity contribution >= 4 is 21.8 Å². The predicted octanol–water partition coefficient (Wildman–Crippen LogP) is 4.03. The summed E-state index contributed by atoms with van der Waals surface area (Å²) in [6.45, 7) is 3.08. The molecular formula is C14H26BrNO. The van der Waals surface area contributed by atoms with Crippen LogP contribution in [0.5, 0.6) is 0 Å². The van der Waals surface area contributed by atoms with Crippen molar-refractivity contribution in [3.05, 3.63) is 0 Å². The van der Waals surface area contributed by atoms with Crippen LogP contribution in [0.2, 0.25) is 0 Å². The monoisotopic (exact) mass is 303 g/mol. The van der Waals surface area contributed by atoms with Crippen LogP contribution in [-0.4, -0.2) is 17.3 Å². The Kier molecular flexibility index (Phi) is 7.91. The third kappa shape index (κ3) is 6.44. The second-order valence-electron chi connectivity index (χ2n) is 5.18. The molecule has 0 aliphatic heterocycles. The van der Waals surface area contributed by atoms with Crippen molar-refractivity contribution in [1.82, 2.24) is 5.32 Å². The standard InChI is InChI=1S/C14H26BrNO/c1-2-3-4-5-6-10-14(17)16-11-12-8-7-9-13(12)15/h12-13H,2-11H2,1H3,(H,16,17). The molecule has 1 aliphatic rings. The van der Waals surface area contributed by atoms with Gasteiger partial charge in [-0.15, -0.1) is 0 Å². The lowest BCUT2D eigenvalue weighted by Gasteiger charge is -2.14. The molecule has 0 spiro atoms. The van der Waals surface area contributed by atoms with Crippen LogP contribution < -0.4 is 5.32 Å². The van der Waals surface area contributed by atoms with Crippen molar-refractivity contribution in [3.63, 3.8) is 0 Å². The third-order valence-electron chi connectivity index (χ3n) is 3.64. The molecule has 1 rings (SSSR count). The molecule has 100 valence electrons. The van der Waals surface area contributed by atoms with Gasteiger partial charge in [0.15, 0.2) is 0 Å². The van der Waals surface area contributed by atoms with E-state index in [0.29, 0.717) is 17.2 Å². The van der Waals surface area contributed by atoms with Gasteiger partial charge in [-0.25, -0.2) is 0 Å². The summed E-state index contributed by atoms with van der Waals surface area (Å²) in [6, 6.07) is 0. The molecular weight excluding hydrogens is 278 g/mol. The van der Waals surface area contributed by atoms with Crippen molar-refractivity contribution < 1.29 is 4.79 Å². The molecule has 0 radical (unpaired) electrons. The number of unbranched alkanes of at least 4 members (excludes halogenated alkanes) is 4. The van der Waals surface area contributed by atoms with E-state index in [-0.39, 0.29) is 5.91 Å². The lowest BCUT2D eigenvalue weighted by Crippen LogP contribution is -2.30. The van der Waals surface area contributed by atoms with Crippen LogP contribution in [0.15, 0.2) is 0 Å². The Morgan fingerprint density at radius 3 is 2.65 bits per heavy atom. The van der Waals surface area contributed by atoms with Gasteiger partial charge in [-0.05, 0) is 25.2 Å². The molecule has 0 saturated heterocycles. The topological polar surface area (TPSA) is 29.1 Å². The summed E-state index contributed by atoms with van der Waals surface area (Å²) in [6.07, 6.45) is 10.6. The van der Waals surface area contributed by atoms with Crippen LogP contribution in [0.4, 0.5) is 0 Å². The summed E-state index contributed by atoms with van der Waals surface area (Å²) in [5, 5.41) is 3.08. The van der Waals surface area contributed by atoms with Crippen LogP contribution in [0.25, 0.3) is 0 Å². The van der Waals surface area contributed by atoms with Gasteiger partial charge in [0.25, 0.3) is 0 Å². The van der Waals surface area contributed by atoms with E-state index in [1.807, 2.05) is 0 Å². The minimum atomic E-state index is 0.244. The molecule has 2 atom stereocenters. The van der Waals surface area contributed by atoms with E-state index >= 15 is 0 Å². The molecule has 17 heavy (non-hydrogen) atoms. The molecule has 0 aromatic rings. The molecule has 0 bridgehead atoms. The normalized spacial score (nSPS) is 23.9. The predicted molar refractivity (Wildman–Crippen MR) is 76.4 cm³/mol. The number of amides is 1. The second kappa shape index (κ2) is 8.96. The fourth-order valence-corrected chi connectivity index (χ4v) is 3.22. The third-order valence-corrected chi connectivity index (χ3v) is 4.84. The Balaban J connectivity index is 1.97. The minimum Gasteiger partial charge on any atom is -0.356 e. The molecule has 2 unspecified atom stereocenters. The maximum absolute atomic E-state index is 11.6. The number of nitrogens with one attached hydrogen (secondary N) is 1. The summed E-state index contributed by atoms with van der Waals surface area (Å²) in [4.78, 5) is 12.2. The van der Waals surface area contributed by atoms with Crippen LogP contribution >= 0.6 is 15.9 Å². The van der Waals surface area contributed by atoms with E-state index in [2.05, 4.69) is 28.2 Å². The Morgan fingerprint density at radius 2 is 2.00 bits per heavy atom. The molecule has 0 aromatic carbocycles.